The van der Waals surface area contributed by atoms with E-state index in [1.807, 2.05) is 42.5 Å². The molecule has 1 aliphatic rings. The zero-order valence-corrected chi connectivity index (χ0v) is 16.9. The maximum absolute atomic E-state index is 13.7. The standard InChI is InChI=1S/C24H21FN4O2/c1-29(21(30)14-26)18-10-8-17(9-11-18)27-23(15-5-3-2-4-6-15)22-19-12-7-16(25)13-20(19)28-24(22)31/h2-13,27H,14,26H2,1H3,(H,28,31). The van der Waals surface area contributed by atoms with E-state index in [-0.39, 0.29) is 18.4 Å². The van der Waals surface area contributed by atoms with Crippen LogP contribution in [0.5, 0.6) is 0 Å². The lowest BCUT2D eigenvalue weighted by atomic mass is 10.00. The summed E-state index contributed by atoms with van der Waals surface area (Å²) >= 11 is 0. The quantitative estimate of drug-likeness (QED) is 0.554. The smallest absolute Gasteiger partial charge is 0.258 e. The molecule has 3 aromatic rings. The molecule has 0 radical (unpaired) electrons. The number of fused-ring (bicyclic) bond motifs is 1. The van der Waals surface area contributed by atoms with Crippen molar-refractivity contribution in [3.05, 3.63) is 89.7 Å². The van der Waals surface area contributed by atoms with Crippen LogP contribution in [-0.2, 0) is 9.59 Å². The van der Waals surface area contributed by atoms with Crippen LogP contribution in [0.2, 0.25) is 0 Å². The third-order valence-corrected chi connectivity index (χ3v) is 5.11. The van der Waals surface area contributed by atoms with Crippen molar-refractivity contribution in [3.8, 4) is 0 Å². The van der Waals surface area contributed by atoms with E-state index >= 15 is 0 Å². The van der Waals surface area contributed by atoms with Gasteiger partial charge in [0.25, 0.3) is 5.91 Å². The summed E-state index contributed by atoms with van der Waals surface area (Å²) < 4.78 is 13.7. The van der Waals surface area contributed by atoms with Crippen molar-refractivity contribution >= 4 is 40.1 Å². The van der Waals surface area contributed by atoms with Gasteiger partial charge in [-0.1, -0.05) is 30.3 Å². The molecule has 0 atom stereocenters. The van der Waals surface area contributed by atoms with Gasteiger partial charge in [0.05, 0.1) is 23.5 Å². The number of amides is 2. The molecule has 4 N–H and O–H groups in total. The van der Waals surface area contributed by atoms with Crippen molar-refractivity contribution in [2.24, 2.45) is 5.73 Å². The molecule has 0 aromatic heterocycles. The fourth-order valence-corrected chi connectivity index (χ4v) is 3.47. The Labute approximate surface area is 179 Å². The van der Waals surface area contributed by atoms with Crippen LogP contribution in [-0.4, -0.2) is 25.4 Å². The van der Waals surface area contributed by atoms with E-state index in [4.69, 9.17) is 5.73 Å². The molecule has 31 heavy (non-hydrogen) atoms. The fourth-order valence-electron chi connectivity index (χ4n) is 3.47. The van der Waals surface area contributed by atoms with Gasteiger partial charge in [0.1, 0.15) is 5.82 Å². The third-order valence-electron chi connectivity index (χ3n) is 5.11. The van der Waals surface area contributed by atoms with Gasteiger partial charge in [-0.15, -0.1) is 0 Å². The Kier molecular flexibility index (Phi) is 5.51. The van der Waals surface area contributed by atoms with Crippen LogP contribution in [0.15, 0.2) is 72.8 Å². The number of halogens is 1. The summed E-state index contributed by atoms with van der Waals surface area (Å²) in [5, 5.41) is 6.06. The average molecular weight is 416 g/mol. The number of nitrogens with one attached hydrogen (secondary N) is 2. The van der Waals surface area contributed by atoms with Gasteiger partial charge in [0.2, 0.25) is 5.91 Å². The number of carbonyl (C=O) groups is 2. The first kappa shape index (κ1) is 20.3. The van der Waals surface area contributed by atoms with Gasteiger partial charge in [-0.2, -0.15) is 0 Å². The lowest BCUT2D eigenvalue weighted by Crippen LogP contribution is -2.32. The topological polar surface area (TPSA) is 87.5 Å². The number of hydrogen-bond acceptors (Lipinski definition) is 4. The predicted molar refractivity (Wildman–Crippen MR) is 121 cm³/mol. The third kappa shape index (κ3) is 4.04. The number of nitrogens with zero attached hydrogens (tertiary/aromatic N) is 1. The summed E-state index contributed by atoms with van der Waals surface area (Å²) in [5.74, 6) is -0.919. The summed E-state index contributed by atoms with van der Waals surface area (Å²) in [5.41, 5.74) is 9.77. The monoisotopic (exact) mass is 416 g/mol. The molecule has 0 saturated heterocycles. The highest BCUT2D eigenvalue weighted by atomic mass is 19.1. The Bertz CT molecular complexity index is 1170. The molecule has 0 aliphatic carbocycles. The van der Waals surface area contributed by atoms with E-state index < -0.39 is 5.82 Å². The second-order valence-corrected chi connectivity index (χ2v) is 7.09. The number of likely N-dealkylation sites (N-methyl/N-ethyl adjacent to an activating group) is 1. The lowest BCUT2D eigenvalue weighted by Gasteiger charge is -2.18. The van der Waals surface area contributed by atoms with Crippen LogP contribution in [0.4, 0.5) is 21.5 Å². The molecule has 1 heterocycles. The molecule has 7 heteroatoms. The zero-order chi connectivity index (χ0) is 22.0. The lowest BCUT2D eigenvalue weighted by molar-refractivity contribution is -0.117. The van der Waals surface area contributed by atoms with Crippen molar-refractivity contribution in [2.75, 3.05) is 29.1 Å². The summed E-state index contributed by atoms with van der Waals surface area (Å²) in [6.07, 6.45) is 0. The molecule has 156 valence electrons. The molecule has 0 saturated carbocycles. The highest BCUT2D eigenvalue weighted by Crippen LogP contribution is 2.38. The van der Waals surface area contributed by atoms with Gasteiger partial charge in [-0.25, -0.2) is 4.39 Å². The van der Waals surface area contributed by atoms with E-state index in [0.29, 0.717) is 28.2 Å². The van der Waals surface area contributed by atoms with Crippen molar-refractivity contribution in [3.63, 3.8) is 0 Å². The number of nitrogens with two attached hydrogens (primary N) is 1. The highest BCUT2D eigenvalue weighted by Gasteiger charge is 2.28. The second kappa shape index (κ2) is 8.41. The zero-order valence-electron chi connectivity index (χ0n) is 16.9. The van der Waals surface area contributed by atoms with E-state index in [1.165, 1.54) is 17.0 Å². The highest BCUT2D eigenvalue weighted by molar-refractivity contribution is 6.37. The van der Waals surface area contributed by atoms with E-state index in [1.54, 1.807) is 25.2 Å². The summed E-state index contributed by atoms with van der Waals surface area (Å²) in [6, 6.07) is 20.9. The summed E-state index contributed by atoms with van der Waals surface area (Å²) in [4.78, 5) is 26.1. The van der Waals surface area contributed by atoms with Gasteiger partial charge in [0.15, 0.2) is 0 Å². The van der Waals surface area contributed by atoms with Gasteiger partial charge >= 0.3 is 0 Å². The first-order chi connectivity index (χ1) is 15.0. The molecule has 4 rings (SSSR count). The Morgan fingerprint density at radius 2 is 1.77 bits per heavy atom. The maximum atomic E-state index is 13.7. The van der Waals surface area contributed by atoms with Crippen LogP contribution < -0.4 is 21.3 Å². The molecule has 3 aromatic carbocycles. The Morgan fingerprint density at radius 3 is 2.45 bits per heavy atom. The SMILES string of the molecule is CN(C(=O)CN)c1ccc(NC(=C2C(=O)Nc3cc(F)ccc32)c2ccccc2)cc1. The molecular formula is C24H21FN4O2. The van der Waals surface area contributed by atoms with Gasteiger partial charge in [0, 0.05) is 24.0 Å². The van der Waals surface area contributed by atoms with Crippen LogP contribution >= 0.6 is 0 Å². The number of anilines is 3. The summed E-state index contributed by atoms with van der Waals surface area (Å²) in [6.45, 7) is -0.0735. The normalized spacial score (nSPS) is 14.0. The van der Waals surface area contributed by atoms with Crippen molar-refractivity contribution < 1.29 is 14.0 Å². The van der Waals surface area contributed by atoms with Crippen LogP contribution in [0.25, 0.3) is 11.3 Å². The van der Waals surface area contributed by atoms with E-state index in [2.05, 4.69) is 10.6 Å². The van der Waals surface area contributed by atoms with Crippen molar-refractivity contribution in [2.45, 2.75) is 0 Å². The van der Waals surface area contributed by atoms with Crippen LogP contribution in [0, 0.1) is 5.82 Å². The molecule has 2 amide bonds. The van der Waals surface area contributed by atoms with E-state index in [0.717, 1.165) is 11.3 Å². The van der Waals surface area contributed by atoms with Gasteiger partial charge in [-0.05, 0) is 48.0 Å². The molecule has 1 aliphatic heterocycles. The number of rotatable bonds is 5. The Morgan fingerprint density at radius 1 is 1.06 bits per heavy atom. The minimum Gasteiger partial charge on any atom is -0.354 e. The minimum atomic E-state index is -0.416. The molecule has 0 spiro atoms. The molecule has 6 nitrogen and oxygen atoms in total. The largest absolute Gasteiger partial charge is 0.354 e. The molecule has 0 bridgehead atoms. The number of carbonyl (C=O) groups excluding carboxylic acids is 2. The minimum absolute atomic E-state index is 0.0735. The van der Waals surface area contributed by atoms with Crippen LogP contribution in [0.1, 0.15) is 11.1 Å². The predicted octanol–water partition coefficient (Wildman–Crippen LogP) is 3.68. The molecule has 0 unspecified atom stereocenters. The maximum Gasteiger partial charge on any atom is 0.258 e. The fraction of sp³-hybridized carbons (Fsp3) is 0.0833. The first-order valence-corrected chi connectivity index (χ1v) is 9.72. The summed E-state index contributed by atoms with van der Waals surface area (Å²) in [7, 11) is 1.66. The number of benzene rings is 3. The van der Waals surface area contributed by atoms with Crippen molar-refractivity contribution in [1.82, 2.24) is 0 Å². The van der Waals surface area contributed by atoms with E-state index in [9.17, 15) is 14.0 Å². The average Bonchev–Trinajstić information content (AvgIpc) is 3.11. The van der Waals surface area contributed by atoms with Gasteiger partial charge in [-0.3, -0.25) is 9.59 Å². The number of hydrogen-bond donors (Lipinski definition) is 3. The second-order valence-electron chi connectivity index (χ2n) is 7.09. The first-order valence-electron chi connectivity index (χ1n) is 9.72. The van der Waals surface area contributed by atoms with Crippen LogP contribution in [0.3, 0.4) is 0 Å². The van der Waals surface area contributed by atoms with Crippen molar-refractivity contribution in [1.29, 1.82) is 0 Å². The Balaban J connectivity index is 1.76. The Hall–Kier alpha value is -3.97. The van der Waals surface area contributed by atoms with Gasteiger partial charge < -0.3 is 21.3 Å². The molecular weight excluding hydrogens is 395 g/mol. The molecule has 0 fully saturated rings.